The Labute approximate surface area is 240 Å². The fourth-order valence-corrected chi connectivity index (χ4v) is 5.76. The van der Waals surface area contributed by atoms with Gasteiger partial charge in [-0.3, -0.25) is 19.3 Å². The molecule has 2 heterocycles. The lowest BCUT2D eigenvalue weighted by Crippen LogP contribution is -2.44. The molecule has 5 rings (SSSR count). The Hall–Kier alpha value is -3.46. The fourth-order valence-electron chi connectivity index (χ4n) is 4.47. The van der Waals surface area contributed by atoms with E-state index in [0.29, 0.717) is 40.2 Å². The molecule has 2 aliphatic heterocycles. The normalized spacial score (nSPS) is 16.0. The number of carbonyl (C=O) groups is 3. The average Bonchev–Trinajstić information content (AvgIpc) is 3.19. The predicted molar refractivity (Wildman–Crippen MR) is 152 cm³/mol. The van der Waals surface area contributed by atoms with E-state index in [1.54, 1.807) is 47.4 Å². The van der Waals surface area contributed by atoms with Crippen molar-refractivity contribution < 1.29 is 23.9 Å². The standard InChI is InChI=1S/C29H24Cl2N2O5S/c1-37-24-8-4-7-19(27(24)38-17-21-9-10-22(30)14-23(21)31)13-25-28(35)33(29(36)39-25)16-26(34)32-12-11-18-5-2-3-6-20(18)15-32/h2-10,13-14H,11-12,15-17H2,1H3/b25-13+. The summed E-state index contributed by atoms with van der Waals surface area (Å²) in [5.41, 5.74) is 3.56. The van der Waals surface area contributed by atoms with E-state index in [0.717, 1.165) is 34.2 Å². The second-order valence-corrected chi connectivity index (χ2v) is 10.8. The van der Waals surface area contributed by atoms with E-state index < -0.39 is 11.1 Å². The van der Waals surface area contributed by atoms with Crippen molar-refractivity contribution >= 4 is 58.1 Å². The first-order valence-electron chi connectivity index (χ1n) is 12.2. The molecule has 2 aliphatic rings. The third-order valence-electron chi connectivity index (χ3n) is 6.55. The topological polar surface area (TPSA) is 76.2 Å². The van der Waals surface area contributed by atoms with E-state index in [-0.39, 0.29) is 24.0 Å². The number of amides is 3. The molecule has 1 fully saturated rings. The number of carbonyl (C=O) groups excluding carboxylic acids is 3. The Morgan fingerprint density at radius 1 is 1.05 bits per heavy atom. The molecule has 0 N–H and O–H groups in total. The molecular weight excluding hydrogens is 559 g/mol. The molecule has 0 aromatic heterocycles. The highest BCUT2D eigenvalue weighted by Gasteiger charge is 2.37. The third kappa shape index (κ3) is 5.93. The summed E-state index contributed by atoms with van der Waals surface area (Å²) in [6.07, 6.45) is 2.32. The van der Waals surface area contributed by atoms with Crippen LogP contribution in [0.15, 0.2) is 65.6 Å². The van der Waals surface area contributed by atoms with Crippen LogP contribution in [0.1, 0.15) is 22.3 Å². The van der Waals surface area contributed by atoms with Crippen LogP contribution in [0.4, 0.5) is 4.79 Å². The van der Waals surface area contributed by atoms with Crippen LogP contribution in [0.3, 0.4) is 0 Å². The molecule has 3 aromatic rings. The number of rotatable bonds is 7. The largest absolute Gasteiger partial charge is 0.493 e. The van der Waals surface area contributed by atoms with Gasteiger partial charge >= 0.3 is 0 Å². The molecule has 200 valence electrons. The monoisotopic (exact) mass is 582 g/mol. The second kappa shape index (κ2) is 11.7. The van der Waals surface area contributed by atoms with Gasteiger partial charge in [0.15, 0.2) is 11.5 Å². The highest BCUT2D eigenvalue weighted by molar-refractivity contribution is 8.18. The summed E-state index contributed by atoms with van der Waals surface area (Å²) in [4.78, 5) is 41.9. The van der Waals surface area contributed by atoms with Gasteiger partial charge in [-0.25, -0.2) is 0 Å². The van der Waals surface area contributed by atoms with Gasteiger partial charge in [0.25, 0.3) is 11.1 Å². The Kier molecular flexibility index (Phi) is 8.16. The Balaban J connectivity index is 1.32. The summed E-state index contributed by atoms with van der Waals surface area (Å²) >= 11 is 13.1. The van der Waals surface area contributed by atoms with E-state index >= 15 is 0 Å². The molecule has 39 heavy (non-hydrogen) atoms. The summed E-state index contributed by atoms with van der Waals surface area (Å²) in [5.74, 6) is 0.0538. The number of hydrogen-bond acceptors (Lipinski definition) is 6. The summed E-state index contributed by atoms with van der Waals surface area (Å²) in [6, 6.07) is 18.3. The maximum atomic E-state index is 13.2. The van der Waals surface area contributed by atoms with Crippen molar-refractivity contribution in [1.82, 2.24) is 9.80 Å². The van der Waals surface area contributed by atoms with Gasteiger partial charge in [-0.1, -0.05) is 65.7 Å². The van der Waals surface area contributed by atoms with Crippen LogP contribution in [-0.4, -0.2) is 47.1 Å². The minimum atomic E-state index is -0.523. The van der Waals surface area contributed by atoms with Gasteiger partial charge in [0.1, 0.15) is 13.2 Å². The van der Waals surface area contributed by atoms with Gasteiger partial charge in [0.05, 0.1) is 12.0 Å². The molecule has 10 heteroatoms. The van der Waals surface area contributed by atoms with E-state index in [1.807, 2.05) is 18.2 Å². The van der Waals surface area contributed by atoms with Crippen LogP contribution in [-0.2, 0) is 29.2 Å². The Bertz CT molecular complexity index is 1490. The average molecular weight is 583 g/mol. The maximum absolute atomic E-state index is 13.2. The van der Waals surface area contributed by atoms with Gasteiger partial charge in [-0.2, -0.15) is 0 Å². The summed E-state index contributed by atoms with van der Waals surface area (Å²) in [7, 11) is 1.51. The van der Waals surface area contributed by atoms with Crippen LogP contribution in [0, 0.1) is 0 Å². The molecule has 0 atom stereocenters. The number of imide groups is 1. The van der Waals surface area contributed by atoms with E-state index in [9.17, 15) is 14.4 Å². The van der Waals surface area contributed by atoms with Gasteiger partial charge in [-0.05, 0) is 53.6 Å². The number of ether oxygens (including phenoxy) is 2. The smallest absolute Gasteiger partial charge is 0.294 e. The molecule has 7 nitrogen and oxygen atoms in total. The highest BCUT2D eigenvalue weighted by Crippen LogP contribution is 2.38. The van der Waals surface area contributed by atoms with Crippen molar-refractivity contribution in [3.05, 3.63) is 97.9 Å². The minimum absolute atomic E-state index is 0.131. The molecule has 0 aliphatic carbocycles. The lowest BCUT2D eigenvalue weighted by atomic mass is 10.00. The number of thioether (sulfide) groups is 1. The van der Waals surface area contributed by atoms with E-state index in [2.05, 4.69) is 6.07 Å². The molecule has 0 unspecified atom stereocenters. The quantitative estimate of drug-likeness (QED) is 0.309. The molecule has 3 aromatic carbocycles. The van der Waals surface area contributed by atoms with E-state index in [4.69, 9.17) is 32.7 Å². The SMILES string of the molecule is COc1cccc(/C=C2/SC(=O)N(CC(=O)N3CCc4ccccc4C3)C2=O)c1OCc1ccc(Cl)cc1Cl. The van der Waals surface area contributed by atoms with Crippen molar-refractivity contribution in [2.75, 3.05) is 20.2 Å². The Morgan fingerprint density at radius 2 is 1.85 bits per heavy atom. The zero-order chi connectivity index (χ0) is 27.5. The number of hydrogen-bond donors (Lipinski definition) is 0. The molecule has 0 bridgehead atoms. The van der Waals surface area contributed by atoms with Crippen LogP contribution in [0.25, 0.3) is 6.08 Å². The predicted octanol–water partition coefficient (Wildman–Crippen LogP) is 6.20. The van der Waals surface area contributed by atoms with Crippen molar-refractivity contribution in [1.29, 1.82) is 0 Å². The van der Waals surface area contributed by atoms with Crippen LogP contribution in [0.5, 0.6) is 11.5 Å². The van der Waals surface area contributed by atoms with Gasteiger partial charge in [0.2, 0.25) is 5.91 Å². The number of methoxy groups -OCH3 is 1. The summed E-state index contributed by atoms with van der Waals surface area (Å²) < 4.78 is 11.5. The second-order valence-electron chi connectivity index (χ2n) is 9.00. The third-order valence-corrected chi connectivity index (χ3v) is 8.05. The molecule has 0 saturated carbocycles. The Morgan fingerprint density at radius 3 is 2.62 bits per heavy atom. The van der Waals surface area contributed by atoms with Crippen molar-refractivity contribution in [3.8, 4) is 11.5 Å². The lowest BCUT2D eigenvalue weighted by Gasteiger charge is -2.29. The summed E-state index contributed by atoms with van der Waals surface area (Å²) in [5, 5.41) is 0.485. The maximum Gasteiger partial charge on any atom is 0.294 e. The zero-order valence-electron chi connectivity index (χ0n) is 21.0. The van der Waals surface area contributed by atoms with Crippen molar-refractivity contribution in [2.45, 2.75) is 19.6 Å². The van der Waals surface area contributed by atoms with Crippen molar-refractivity contribution in [2.24, 2.45) is 0 Å². The summed E-state index contributed by atoms with van der Waals surface area (Å²) in [6.45, 7) is 0.833. The number of para-hydroxylation sites is 1. The first kappa shape index (κ1) is 27.1. The number of benzene rings is 3. The van der Waals surface area contributed by atoms with Crippen LogP contribution in [0.2, 0.25) is 10.0 Å². The number of nitrogens with zero attached hydrogens (tertiary/aromatic N) is 2. The molecule has 0 radical (unpaired) electrons. The number of fused-ring (bicyclic) bond motifs is 1. The van der Waals surface area contributed by atoms with Gasteiger partial charge in [0, 0.05) is 34.3 Å². The molecule has 0 spiro atoms. The molecular formula is C29H24Cl2N2O5S. The van der Waals surface area contributed by atoms with E-state index in [1.165, 1.54) is 12.7 Å². The zero-order valence-corrected chi connectivity index (χ0v) is 23.3. The van der Waals surface area contributed by atoms with Gasteiger partial charge < -0.3 is 14.4 Å². The highest BCUT2D eigenvalue weighted by atomic mass is 35.5. The van der Waals surface area contributed by atoms with Crippen LogP contribution >= 0.6 is 35.0 Å². The van der Waals surface area contributed by atoms with Crippen LogP contribution < -0.4 is 9.47 Å². The first-order chi connectivity index (χ1) is 18.8. The molecule has 1 saturated heterocycles. The number of halogens is 2. The first-order valence-corrected chi connectivity index (χ1v) is 13.7. The molecule has 3 amide bonds. The minimum Gasteiger partial charge on any atom is -0.493 e. The lowest BCUT2D eigenvalue weighted by molar-refractivity contribution is -0.136. The van der Waals surface area contributed by atoms with Crippen molar-refractivity contribution in [3.63, 3.8) is 0 Å². The fraction of sp³-hybridized carbons (Fsp3) is 0.207. The van der Waals surface area contributed by atoms with Gasteiger partial charge in [-0.15, -0.1) is 0 Å².